The van der Waals surface area contributed by atoms with Crippen molar-refractivity contribution < 1.29 is 17.9 Å². The molecule has 1 fully saturated rings. The first-order valence-electron chi connectivity index (χ1n) is 5.29. The Morgan fingerprint density at radius 2 is 2.00 bits per heavy atom. The van der Waals surface area contributed by atoms with E-state index in [1.807, 2.05) is 0 Å². The Bertz CT molecular complexity index is 314. The Balaban J connectivity index is 2.04. The molecule has 0 saturated carbocycles. The second-order valence-corrected chi connectivity index (χ2v) is 6.20. The van der Waals surface area contributed by atoms with Crippen LogP contribution in [0, 0.1) is 0 Å². The predicted molar refractivity (Wildman–Crippen MR) is 59.7 cm³/mol. The number of hydrogen-bond donors (Lipinski definition) is 2. The number of hydrogen-bond acceptors (Lipinski definition) is 5. The molecular weight excluding hydrogens is 232 g/mol. The van der Waals surface area contributed by atoms with E-state index in [-0.39, 0.29) is 24.2 Å². The van der Waals surface area contributed by atoms with E-state index in [2.05, 4.69) is 5.32 Å². The maximum absolute atomic E-state index is 11.1. The Morgan fingerprint density at radius 1 is 1.38 bits per heavy atom. The van der Waals surface area contributed by atoms with Crippen molar-refractivity contribution in [1.82, 2.24) is 5.32 Å². The molecule has 1 heterocycles. The summed E-state index contributed by atoms with van der Waals surface area (Å²) in [4.78, 5) is 10.3. The fourth-order valence-corrected chi connectivity index (χ4v) is 3.09. The van der Waals surface area contributed by atoms with Gasteiger partial charge in [-0.1, -0.05) is 0 Å². The van der Waals surface area contributed by atoms with Crippen molar-refractivity contribution in [2.24, 2.45) is 5.73 Å². The largest absolute Gasteiger partial charge is 0.370 e. The fraction of sp³-hybridized carbons (Fsp3) is 0.889. The number of amides is 1. The molecule has 0 aromatic heterocycles. The summed E-state index contributed by atoms with van der Waals surface area (Å²) < 4.78 is 27.3. The van der Waals surface area contributed by atoms with Crippen LogP contribution in [0.4, 0.5) is 0 Å². The third-order valence-corrected chi connectivity index (χ3v) is 4.19. The Hall–Kier alpha value is -0.660. The lowest BCUT2D eigenvalue weighted by Gasteiger charge is -2.22. The second-order valence-electron chi connectivity index (χ2n) is 3.90. The minimum Gasteiger partial charge on any atom is -0.370 e. The van der Waals surface area contributed by atoms with E-state index in [4.69, 9.17) is 10.5 Å². The molecule has 0 unspecified atom stereocenters. The molecular formula is C9H18N2O4S. The molecule has 0 radical (unpaired) electrons. The van der Waals surface area contributed by atoms with Crippen LogP contribution in [-0.2, 0) is 19.4 Å². The topological polar surface area (TPSA) is 98.5 Å². The van der Waals surface area contributed by atoms with Crippen molar-refractivity contribution in [3.8, 4) is 0 Å². The van der Waals surface area contributed by atoms with Crippen LogP contribution >= 0.6 is 0 Å². The summed E-state index contributed by atoms with van der Waals surface area (Å²) in [6.45, 7) is 0.949. The van der Waals surface area contributed by atoms with Gasteiger partial charge >= 0.3 is 0 Å². The average Bonchev–Trinajstić information content (AvgIpc) is 2.19. The van der Waals surface area contributed by atoms with Crippen LogP contribution in [-0.4, -0.2) is 51.6 Å². The van der Waals surface area contributed by atoms with E-state index in [0.29, 0.717) is 26.0 Å². The normalized spacial score (nSPS) is 20.8. The lowest BCUT2D eigenvalue weighted by atomic mass is 10.1. The number of sulfone groups is 1. The number of rotatable bonds is 6. The molecule has 1 aliphatic rings. The first kappa shape index (κ1) is 13.4. The predicted octanol–water partition coefficient (Wildman–Crippen LogP) is -1.34. The lowest BCUT2D eigenvalue weighted by molar-refractivity contribution is -0.122. The molecule has 16 heavy (non-hydrogen) atoms. The Kier molecular flexibility index (Phi) is 5.17. The van der Waals surface area contributed by atoms with Crippen molar-refractivity contribution >= 4 is 15.7 Å². The molecule has 3 N–H and O–H groups in total. The zero-order valence-corrected chi connectivity index (χ0v) is 9.96. The van der Waals surface area contributed by atoms with E-state index in [9.17, 15) is 13.2 Å². The summed E-state index contributed by atoms with van der Waals surface area (Å²) >= 11 is 0. The summed E-state index contributed by atoms with van der Waals surface area (Å²) in [5, 5.41) is 3.19. The minimum atomic E-state index is -2.79. The van der Waals surface area contributed by atoms with Crippen LogP contribution < -0.4 is 11.1 Å². The van der Waals surface area contributed by atoms with E-state index >= 15 is 0 Å². The molecule has 94 valence electrons. The summed E-state index contributed by atoms with van der Waals surface area (Å²) in [6.07, 6.45) is 1.30. The van der Waals surface area contributed by atoms with Crippen LogP contribution in [0.2, 0.25) is 0 Å². The molecule has 0 aromatic carbocycles. The lowest BCUT2D eigenvalue weighted by Crippen LogP contribution is -2.39. The molecule has 7 heteroatoms. The van der Waals surface area contributed by atoms with Crippen LogP contribution in [0.3, 0.4) is 0 Å². The third kappa shape index (κ3) is 5.43. The van der Waals surface area contributed by atoms with Gasteiger partial charge < -0.3 is 15.8 Å². The zero-order chi connectivity index (χ0) is 12.0. The van der Waals surface area contributed by atoms with Gasteiger partial charge in [-0.3, -0.25) is 4.79 Å². The van der Waals surface area contributed by atoms with Crippen LogP contribution in [0.15, 0.2) is 0 Å². The highest BCUT2D eigenvalue weighted by atomic mass is 32.2. The number of nitrogens with one attached hydrogen (secondary N) is 1. The SMILES string of the molecule is NC(=O)COCCNC1CCS(=O)(=O)CC1. The van der Waals surface area contributed by atoms with Crippen LogP contribution in [0.1, 0.15) is 12.8 Å². The molecule has 1 aliphatic heterocycles. The van der Waals surface area contributed by atoms with Gasteiger partial charge in [0.05, 0.1) is 18.1 Å². The van der Waals surface area contributed by atoms with Gasteiger partial charge in [-0.05, 0) is 12.8 Å². The monoisotopic (exact) mass is 250 g/mol. The van der Waals surface area contributed by atoms with Crippen LogP contribution in [0.5, 0.6) is 0 Å². The van der Waals surface area contributed by atoms with Crippen molar-refractivity contribution in [1.29, 1.82) is 0 Å². The highest BCUT2D eigenvalue weighted by Crippen LogP contribution is 2.11. The molecule has 0 aliphatic carbocycles. The molecule has 0 atom stereocenters. The summed E-state index contributed by atoms with van der Waals surface area (Å²) in [5.74, 6) is 0.0309. The summed E-state index contributed by atoms with van der Waals surface area (Å²) in [6, 6.07) is 0.237. The molecule has 0 spiro atoms. The van der Waals surface area contributed by atoms with Gasteiger partial charge in [0, 0.05) is 12.6 Å². The van der Waals surface area contributed by atoms with Crippen molar-refractivity contribution in [3.63, 3.8) is 0 Å². The quantitative estimate of drug-likeness (QED) is 0.568. The van der Waals surface area contributed by atoms with E-state index in [1.54, 1.807) is 0 Å². The number of ether oxygens (including phenoxy) is 1. The first-order valence-corrected chi connectivity index (χ1v) is 7.11. The highest BCUT2D eigenvalue weighted by molar-refractivity contribution is 7.91. The molecule has 6 nitrogen and oxygen atoms in total. The van der Waals surface area contributed by atoms with Gasteiger partial charge in [0.1, 0.15) is 16.4 Å². The average molecular weight is 250 g/mol. The van der Waals surface area contributed by atoms with Crippen molar-refractivity contribution in [3.05, 3.63) is 0 Å². The highest BCUT2D eigenvalue weighted by Gasteiger charge is 2.22. The number of carbonyl (C=O) groups is 1. The van der Waals surface area contributed by atoms with Gasteiger partial charge in [-0.2, -0.15) is 0 Å². The molecule has 1 rings (SSSR count). The number of carbonyl (C=O) groups excluding carboxylic acids is 1. The summed E-state index contributed by atoms with van der Waals surface area (Å²) in [7, 11) is -2.79. The van der Waals surface area contributed by atoms with Gasteiger partial charge in [0.2, 0.25) is 5.91 Å². The smallest absolute Gasteiger partial charge is 0.243 e. The van der Waals surface area contributed by atoms with Gasteiger partial charge in [-0.25, -0.2) is 8.42 Å². The molecule has 1 amide bonds. The molecule has 0 bridgehead atoms. The Labute approximate surface area is 95.4 Å². The van der Waals surface area contributed by atoms with Crippen molar-refractivity contribution in [2.75, 3.05) is 31.3 Å². The second kappa shape index (κ2) is 6.17. The van der Waals surface area contributed by atoms with Gasteiger partial charge in [-0.15, -0.1) is 0 Å². The zero-order valence-electron chi connectivity index (χ0n) is 9.15. The molecule has 1 saturated heterocycles. The Morgan fingerprint density at radius 3 is 2.56 bits per heavy atom. The van der Waals surface area contributed by atoms with Gasteiger partial charge in [0.15, 0.2) is 0 Å². The molecule has 0 aromatic rings. The fourth-order valence-electron chi connectivity index (χ4n) is 1.60. The standard InChI is InChI=1S/C9H18N2O4S/c10-9(12)7-15-4-3-11-8-1-5-16(13,14)6-2-8/h8,11H,1-7H2,(H2,10,12). The summed E-state index contributed by atoms with van der Waals surface area (Å²) in [5.41, 5.74) is 4.90. The van der Waals surface area contributed by atoms with E-state index in [0.717, 1.165) is 0 Å². The number of nitrogens with two attached hydrogens (primary N) is 1. The maximum Gasteiger partial charge on any atom is 0.243 e. The maximum atomic E-state index is 11.1. The number of primary amides is 1. The third-order valence-electron chi connectivity index (χ3n) is 2.48. The minimum absolute atomic E-state index is 0.0687. The van der Waals surface area contributed by atoms with E-state index in [1.165, 1.54) is 0 Å². The van der Waals surface area contributed by atoms with Crippen LogP contribution in [0.25, 0.3) is 0 Å². The van der Waals surface area contributed by atoms with Gasteiger partial charge in [0.25, 0.3) is 0 Å². The first-order chi connectivity index (χ1) is 7.49. The van der Waals surface area contributed by atoms with E-state index < -0.39 is 15.7 Å². The van der Waals surface area contributed by atoms with Crippen molar-refractivity contribution in [2.45, 2.75) is 18.9 Å².